The monoisotopic (exact) mass is 230 g/mol. The maximum atomic E-state index is 11.7. The molecule has 1 rings (SSSR count). The van der Waals surface area contributed by atoms with Crippen molar-refractivity contribution in [3.63, 3.8) is 0 Å². The Hall–Kier alpha value is -0.650. The van der Waals surface area contributed by atoms with Gasteiger partial charge in [0.1, 0.15) is 6.10 Å². The average molecular weight is 230 g/mol. The minimum atomic E-state index is -0.902. The van der Waals surface area contributed by atoms with E-state index in [0.29, 0.717) is 13.2 Å². The van der Waals surface area contributed by atoms with E-state index in [-0.39, 0.29) is 5.91 Å². The van der Waals surface area contributed by atoms with E-state index in [4.69, 9.17) is 4.74 Å². The number of nitrogens with zero attached hydrogens (tertiary/aromatic N) is 1. The Balaban J connectivity index is 2.08. The SMILES string of the molecule is COCCCNCC(O)C(=O)N1CCCC1. The lowest BCUT2D eigenvalue weighted by molar-refractivity contribution is -0.138. The van der Waals surface area contributed by atoms with Crippen LogP contribution in [0.15, 0.2) is 0 Å². The molecule has 2 N–H and O–H groups in total. The molecule has 0 bridgehead atoms. The van der Waals surface area contributed by atoms with Crippen molar-refractivity contribution in [3.8, 4) is 0 Å². The summed E-state index contributed by atoms with van der Waals surface area (Å²) in [4.78, 5) is 13.4. The number of hydrogen-bond donors (Lipinski definition) is 2. The summed E-state index contributed by atoms with van der Waals surface area (Å²) >= 11 is 0. The molecule has 0 aromatic carbocycles. The number of aliphatic hydroxyl groups is 1. The summed E-state index contributed by atoms with van der Waals surface area (Å²) in [6, 6.07) is 0. The second kappa shape index (κ2) is 7.60. The summed E-state index contributed by atoms with van der Waals surface area (Å²) in [6.45, 7) is 3.37. The zero-order chi connectivity index (χ0) is 11.8. The number of amides is 1. The van der Waals surface area contributed by atoms with E-state index >= 15 is 0 Å². The van der Waals surface area contributed by atoms with Crippen molar-refractivity contribution in [1.29, 1.82) is 0 Å². The number of nitrogens with one attached hydrogen (secondary N) is 1. The van der Waals surface area contributed by atoms with Crippen LogP contribution in [0.5, 0.6) is 0 Å². The molecule has 1 amide bonds. The predicted octanol–water partition coefficient (Wildman–Crippen LogP) is -0.404. The van der Waals surface area contributed by atoms with Crippen molar-refractivity contribution in [2.45, 2.75) is 25.4 Å². The molecule has 1 unspecified atom stereocenters. The van der Waals surface area contributed by atoms with Gasteiger partial charge in [-0.1, -0.05) is 0 Å². The number of aliphatic hydroxyl groups excluding tert-OH is 1. The summed E-state index contributed by atoms with van der Waals surface area (Å²) in [5.74, 6) is -0.142. The molecule has 5 nitrogen and oxygen atoms in total. The fourth-order valence-corrected chi connectivity index (χ4v) is 1.82. The highest BCUT2D eigenvalue weighted by atomic mass is 16.5. The standard InChI is InChI=1S/C11H22N2O3/c1-16-8-4-5-12-9-10(14)11(15)13-6-2-3-7-13/h10,12,14H,2-9H2,1H3. The van der Waals surface area contributed by atoms with Gasteiger partial charge < -0.3 is 20.1 Å². The number of carbonyl (C=O) groups is 1. The minimum absolute atomic E-state index is 0.142. The van der Waals surface area contributed by atoms with Crippen molar-refractivity contribution in [1.82, 2.24) is 10.2 Å². The molecule has 0 radical (unpaired) electrons. The predicted molar refractivity (Wildman–Crippen MR) is 61.2 cm³/mol. The lowest BCUT2D eigenvalue weighted by atomic mass is 10.3. The van der Waals surface area contributed by atoms with Crippen molar-refractivity contribution < 1.29 is 14.6 Å². The van der Waals surface area contributed by atoms with Gasteiger partial charge in [-0.2, -0.15) is 0 Å². The van der Waals surface area contributed by atoms with E-state index in [9.17, 15) is 9.90 Å². The first-order chi connectivity index (χ1) is 7.75. The first-order valence-electron chi connectivity index (χ1n) is 5.92. The van der Waals surface area contributed by atoms with Crippen LogP contribution in [0.4, 0.5) is 0 Å². The van der Waals surface area contributed by atoms with E-state index in [2.05, 4.69) is 5.32 Å². The highest BCUT2D eigenvalue weighted by Gasteiger charge is 2.23. The molecule has 1 aliphatic heterocycles. The van der Waals surface area contributed by atoms with Crippen LogP contribution in [0.1, 0.15) is 19.3 Å². The third kappa shape index (κ3) is 4.47. The van der Waals surface area contributed by atoms with Gasteiger partial charge >= 0.3 is 0 Å². The van der Waals surface area contributed by atoms with Crippen LogP contribution in [0.3, 0.4) is 0 Å². The van der Waals surface area contributed by atoms with E-state index in [1.807, 2.05) is 0 Å². The second-order valence-corrected chi connectivity index (χ2v) is 4.10. The van der Waals surface area contributed by atoms with Gasteiger partial charge in [-0.15, -0.1) is 0 Å². The second-order valence-electron chi connectivity index (χ2n) is 4.10. The zero-order valence-electron chi connectivity index (χ0n) is 9.95. The molecular weight excluding hydrogens is 208 g/mol. The van der Waals surface area contributed by atoms with Gasteiger partial charge in [0, 0.05) is 33.4 Å². The van der Waals surface area contributed by atoms with E-state index in [1.165, 1.54) is 0 Å². The lowest BCUT2D eigenvalue weighted by Crippen LogP contribution is -2.42. The molecule has 16 heavy (non-hydrogen) atoms. The molecule has 0 saturated carbocycles. The molecule has 0 spiro atoms. The summed E-state index contributed by atoms with van der Waals surface area (Å²) in [5.41, 5.74) is 0. The Morgan fingerprint density at radius 3 is 2.81 bits per heavy atom. The molecule has 1 fully saturated rings. The molecule has 0 aromatic heterocycles. The van der Waals surface area contributed by atoms with E-state index in [0.717, 1.165) is 38.9 Å². The Morgan fingerprint density at radius 2 is 2.19 bits per heavy atom. The lowest BCUT2D eigenvalue weighted by Gasteiger charge is -2.19. The van der Waals surface area contributed by atoms with Gasteiger partial charge in [0.2, 0.25) is 0 Å². The summed E-state index contributed by atoms with van der Waals surface area (Å²) in [6.07, 6.45) is 2.10. The Bertz CT molecular complexity index is 205. The van der Waals surface area contributed by atoms with Crippen LogP contribution < -0.4 is 5.32 Å². The Kier molecular flexibility index (Phi) is 6.37. The molecule has 1 atom stereocenters. The first-order valence-corrected chi connectivity index (χ1v) is 5.92. The van der Waals surface area contributed by atoms with Gasteiger partial charge in [0.15, 0.2) is 0 Å². The normalized spacial score (nSPS) is 17.8. The molecule has 1 heterocycles. The number of ether oxygens (including phenoxy) is 1. The smallest absolute Gasteiger partial charge is 0.252 e. The third-order valence-corrected chi connectivity index (χ3v) is 2.74. The maximum absolute atomic E-state index is 11.7. The van der Waals surface area contributed by atoms with Gasteiger partial charge in [-0.25, -0.2) is 0 Å². The number of likely N-dealkylation sites (tertiary alicyclic amines) is 1. The number of methoxy groups -OCH3 is 1. The quantitative estimate of drug-likeness (QED) is 0.584. The van der Waals surface area contributed by atoms with Crippen LogP contribution >= 0.6 is 0 Å². The fourth-order valence-electron chi connectivity index (χ4n) is 1.82. The van der Waals surface area contributed by atoms with Crippen molar-refractivity contribution in [2.75, 3.05) is 39.9 Å². The number of rotatable bonds is 7. The van der Waals surface area contributed by atoms with Crippen LogP contribution in [-0.2, 0) is 9.53 Å². The molecule has 1 aliphatic rings. The fraction of sp³-hybridized carbons (Fsp3) is 0.909. The summed E-state index contributed by atoms with van der Waals surface area (Å²) in [7, 11) is 1.66. The van der Waals surface area contributed by atoms with Crippen LogP contribution in [0.25, 0.3) is 0 Å². The van der Waals surface area contributed by atoms with Crippen molar-refractivity contribution in [2.24, 2.45) is 0 Å². The Morgan fingerprint density at radius 1 is 1.50 bits per heavy atom. The minimum Gasteiger partial charge on any atom is -0.385 e. The molecule has 1 saturated heterocycles. The van der Waals surface area contributed by atoms with Gasteiger partial charge in [0.25, 0.3) is 5.91 Å². The highest BCUT2D eigenvalue weighted by molar-refractivity contribution is 5.81. The van der Waals surface area contributed by atoms with Gasteiger partial charge in [0.05, 0.1) is 0 Å². The molecular formula is C11H22N2O3. The molecule has 94 valence electrons. The highest BCUT2D eigenvalue weighted by Crippen LogP contribution is 2.08. The number of carbonyl (C=O) groups excluding carboxylic acids is 1. The largest absolute Gasteiger partial charge is 0.385 e. The average Bonchev–Trinajstić information content (AvgIpc) is 2.81. The molecule has 0 aromatic rings. The molecule has 0 aliphatic carbocycles. The molecule has 5 heteroatoms. The maximum Gasteiger partial charge on any atom is 0.252 e. The van der Waals surface area contributed by atoms with Crippen molar-refractivity contribution in [3.05, 3.63) is 0 Å². The van der Waals surface area contributed by atoms with Crippen LogP contribution in [0.2, 0.25) is 0 Å². The topological polar surface area (TPSA) is 61.8 Å². The van der Waals surface area contributed by atoms with E-state index < -0.39 is 6.10 Å². The van der Waals surface area contributed by atoms with Crippen molar-refractivity contribution >= 4 is 5.91 Å². The zero-order valence-corrected chi connectivity index (χ0v) is 9.95. The van der Waals surface area contributed by atoms with Gasteiger partial charge in [-0.3, -0.25) is 4.79 Å². The number of hydrogen-bond acceptors (Lipinski definition) is 4. The third-order valence-electron chi connectivity index (χ3n) is 2.74. The summed E-state index contributed by atoms with van der Waals surface area (Å²) < 4.78 is 4.90. The van der Waals surface area contributed by atoms with E-state index in [1.54, 1.807) is 12.0 Å². The van der Waals surface area contributed by atoms with Crippen LogP contribution in [0, 0.1) is 0 Å². The van der Waals surface area contributed by atoms with Crippen LogP contribution in [-0.4, -0.2) is 61.9 Å². The first kappa shape index (κ1) is 13.4. The van der Waals surface area contributed by atoms with Gasteiger partial charge in [-0.05, 0) is 25.8 Å². The Labute approximate surface area is 96.8 Å². The summed E-state index contributed by atoms with van der Waals surface area (Å²) in [5, 5.41) is 12.7.